The van der Waals surface area contributed by atoms with E-state index in [1.165, 1.54) is 17.8 Å². The molecule has 2 aliphatic rings. The van der Waals surface area contributed by atoms with E-state index < -0.39 is 52.8 Å². The van der Waals surface area contributed by atoms with Crippen molar-refractivity contribution in [3.05, 3.63) is 33.2 Å². The molecule has 0 saturated carbocycles. The molecule has 0 bridgehead atoms. The van der Waals surface area contributed by atoms with Crippen molar-refractivity contribution in [1.82, 2.24) is 30.8 Å². The van der Waals surface area contributed by atoms with Crippen LogP contribution in [0.25, 0.3) is 0 Å². The predicted octanol–water partition coefficient (Wildman–Crippen LogP) is -0.124. The zero-order chi connectivity index (χ0) is 25.3. The Morgan fingerprint density at radius 2 is 2.03 bits per heavy atom. The highest BCUT2D eigenvalue weighted by molar-refractivity contribution is 8.01. The minimum atomic E-state index is -1.41. The molecule has 0 radical (unpaired) electrons. The molecule has 17 heteroatoms. The number of nitrogens with zero attached hydrogens (tertiary/aromatic N) is 4. The quantitative estimate of drug-likeness (QED) is 0.196. The molecule has 0 spiro atoms. The van der Waals surface area contributed by atoms with Crippen LogP contribution in [0.1, 0.15) is 21.7 Å². The number of carbonyl (C=O) groups excluding carboxylic acids is 2. The number of aromatic nitrogens is 4. The molecular formula is C18H16N6O8S3. The van der Waals surface area contributed by atoms with Gasteiger partial charge in [-0.25, -0.2) is 9.59 Å². The summed E-state index contributed by atoms with van der Waals surface area (Å²) in [5, 5.41) is 44.2. The SMILES string of the molecule is O=C(O)CC(Sc1nn[nH]n1)C1=C(C(=O)O)N2C(=O)C(NC(=O)Cc3ccsc3C(=O)O)[C@@H]2SC1. The maximum atomic E-state index is 12.9. The second-order valence-electron chi connectivity index (χ2n) is 7.29. The molecule has 2 unspecified atom stereocenters. The summed E-state index contributed by atoms with van der Waals surface area (Å²) in [6.07, 6.45) is -0.688. The molecule has 5 N–H and O–H groups in total. The highest BCUT2D eigenvalue weighted by Crippen LogP contribution is 2.44. The summed E-state index contributed by atoms with van der Waals surface area (Å²) in [5.74, 6) is -4.88. The largest absolute Gasteiger partial charge is 0.481 e. The molecule has 1 fully saturated rings. The van der Waals surface area contributed by atoms with E-state index in [0.717, 1.165) is 28.0 Å². The fourth-order valence-corrected chi connectivity index (χ4v) is 6.96. The number of tetrazole rings is 1. The lowest BCUT2D eigenvalue weighted by atomic mass is 10.00. The van der Waals surface area contributed by atoms with Crippen LogP contribution >= 0.6 is 34.9 Å². The maximum Gasteiger partial charge on any atom is 0.352 e. The van der Waals surface area contributed by atoms with Gasteiger partial charge in [0.05, 0.1) is 12.8 Å². The Kier molecular flexibility index (Phi) is 7.08. The number of hydrogen-bond acceptors (Lipinski definition) is 11. The van der Waals surface area contributed by atoms with Crippen molar-refractivity contribution < 1.29 is 39.3 Å². The Morgan fingerprint density at radius 1 is 1.26 bits per heavy atom. The zero-order valence-electron chi connectivity index (χ0n) is 17.4. The normalized spacial score (nSPS) is 20.1. The summed E-state index contributed by atoms with van der Waals surface area (Å²) >= 11 is 3.08. The van der Waals surface area contributed by atoms with E-state index in [1.807, 2.05) is 0 Å². The molecule has 4 heterocycles. The zero-order valence-corrected chi connectivity index (χ0v) is 19.9. The minimum Gasteiger partial charge on any atom is -0.481 e. The first-order chi connectivity index (χ1) is 16.7. The van der Waals surface area contributed by atoms with Crippen molar-refractivity contribution in [2.45, 2.75) is 34.7 Å². The molecule has 3 atom stereocenters. The Labute approximate surface area is 208 Å². The smallest absolute Gasteiger partial charge is 0.352 e. The molecule has 14 nitrogen and oxygen atoms in total. The van der Waals surface area contributed by atoms with Crippen LogP contribution in [0.15, 0.2) is 27.9 Å². The van der Waals surface area contributed by atoms with Crippen LogP contribution in [0.3, 0.4) is 0 Å². The minimum absolute atomic E-state index is 0.0260. The van der Waals surface area contributed by atoms with Gasteiger partial charge in [0.1, 0.15) is 22.0 Å². The van der Waals surface area contributed by atoms with E-state index in [-0.39, 0.29) is 33.5 Å². The molecule has 2 aromatic rings. The van der Waals surface area contributed by atoms with E-state index in [9.17, 15) is 39.3 Å². The van der Waals surface area contributed by atoms with Gasteiger partial charge < -0.3 is 20.6 Å². The molecule has 184 valence electrons. The lowest BCUT2D eigenvalue weighted by Crippen LogP contribution is -2.70. The Morgan fingerprint density at radius 3 is 2.66 bits per heavy atom. The number of nitrogens with one attached hydrogen (secondary N) is 2. The van der Waals surface area contributed by atoms with Gasteiger partial charge in [-0.05, 0) is 27.8 Å². The van der Waals surface area contributed by atoms with Gasteiger partial charge in [-0.3, -0.25) is 19.3 Å². The third-order valence-electron chi connectivity index (χ3n) is 5.13. The monoisotopic (exact) mass is 540 g/mol. The highest BCUT2D eigenvalue weighted by atomic mass is 32.2. The van der Waals surface area contributed by atoms with Crippen molar-refractivity contribution in [2.24, 2.45) is 0 Å². The van der Waals surface area contributed by atoms with Gasteiger partial charge in [0.15, 0.2) is 0 Å². The van der Waals surface area contributed by atoms with E-state index in [1.54, 1.807) is 5.38 Å². The number of hydrogen-bond donors (Lipinski definition) is 5. The number of thiophene rings is 1. The summed E-state index contributed by atoms with van der Waals surface area (Å²) < 4.78 is 0. The molecule has 0 aliphatic carbocycles. The van der Waals surface area contributed by atoms with E-state index in [4.69, 9.17) is 0 Å². The predicted molar refractivity (Wildman–Crippen MR) is 121 cm³/mol. The molecule has 2 amide bonds. The first kappa shape index (κ1) is 24.7. The van der Waals surface area contributed by atoms with Crippen molar-refractivity contribution in [1.29, 1.82) is 0 Å². The number of rotatable bonds is 10. The van der Waals surface area contributed by atoms with Crippen molar-refractivity contribution in [3.63, 3.8) is 0 Å². The van der Waals surface area contributed by atoms with Crippen LogP contribution in [-0.4, -0.2) is 93.0 Å². The highest BCUT2D eigenvalue weighted by Gasteiger charge is 2.55. The van der Waals surface area contributed by atoms with E-state index in [2.05, 4.69) is 25.9 Å². The number of aromatic carboxylic acids is 1. The number of fused-ring (bicyclic) bond motifs is 1. The average molecular weight is 541 g/mol. The van der Waals surface area contributed by atoms with E-state index in [0.29, 0.717) is 5.56 Å². The molecule has 35 heavy (non-hydrogen) atoms. The molecule has 2 aromatic heterocycles. The summed E-state index contributed by atoms with van der Waals surface area (Å²) in [4.78, 5) is 61.2. The fraction of sp³-hybridized carbons (Fsp3) is 0.333. The number of carboxylic acids is 3. The molecule has 0 aromatic carbocycles. The topological polar surface area (TPSA) is 216 Å². The third kappa shape index (κ3) is 5.01. The van der Waals surface area contributed by atoms with Crippen LogP contribution in [0.2, 0.25) is 0 Å². The first-order valence-electron chi connectivity index (χ1n) is 9.79. The number of aromatic amines is 1. The van der Waals surface area contributed by atoms with Crippen molar-refractivity contribution in [2.75, 3.05) is 5.75 Å². The van der Waals surface area contributed by atoms with Crippen LogP contribution in [0, 0.1) is 0 Å². The molecule has 1 saturated heterocycles. The first-order valence-corrected chi connectivity index (χ1v) is 12.6. The van der Waals surface area contributed by atoms with Crippen LogP contribution < -0.4 is 5.32 Å². The van der Waals surface area contributed by atoms with Gasteiger partial charge in [0, 0.05) is 11.0 Å². The molecule has 4 rings (SSSR count). The Hall–Kier alpha value is -3.44. The van der Waals surface area contributed by atoms with Gasteiger partial charge in [-0.15, -0.1) is 33.3 Å². The van der Waals surface area contributed by atoms with Gasteiger partial charge in [-0.2, -0.15) is 5.21 Å². The number of H-pyrrole nitrogens is 1. The lowest BCUT2D eigenvalue weighted by molar-refractivity contribution is -0.150. The number of carboxylic acid groups (broad SMARTS) is 3. The summed E-state index contributed by atoms with van der Waals surface area (Å²) in [7, 11) is 0. The Balaban J connectivity index is 1.53. The number of carbonyl (C=O) groups is 5. The second-order valence-corrected chi connectivity index (χ2v) is 10.5. The second kappa shape index (κ2) is 10.0. The number of β-lactam (4-membered cyclic amide) rings is 1. The maximum absolute atomic E-state index is 12.9. The van der Waals surface area contributed by atoms with Gasteiger partial charge >= 0.3 is 17.9 Å². The van der Waals surface area contributed by atoms with Gasteiger partial charge in [0.2, 0.25) is 11.1 Å². The summed E-state index contributed by atoms with van der Waals surface area (Å²) in [6, 6.07) is 0.512. The van der Waals surface area contributed by atoms with Crippen molar-refractivity contribution >= 4 is 64.6 Å². The molecule has 2 aliphatic heterocycles. The summed E-state index contributed by atoms with van der Waals surface area (Å²) in [5.41, 5.74) is 0.194. The summed E-state index contributed by atoms with van der Waals surface area (Å²) in [6.45, 7) is 0. The third-order valence-corrected chi connectivity index (χ3v) is 8.50. The number of aliphatic carboxylic acids is 2. The molecular weight excluding hydrogens is 524 g/mol. The van der Waals surface area contributed by atoms with E-state index >= 15 is 0 Å². The Bertz CT molecular complexity index is 1230. The number of thioether (sulfide) groups is 2. The van der Waals surface area contributed by atoms with Crippen LogP contribution in [0.5, 0.6) is 0 Å². The van der Waals surface area contributed by atoms with Gasteiger partial charge in [0.25, 0.3) is 5.91 Å². The lowest BCUT2D eigenvalue weighted by Gasteiger charge is -2.50. The van der Waals surface area contributed by atoms with Gasteiger partial charge in [-0.1, -0.05) is 11.8 Å². The van der Waals surface area contributed by atoms with Crippen LogP contribution in [0.4, 0.5) is 0 Å². The fourth-order valence-electron chi connectivity index (χ4n) is 3.67. The average Bonchev–Trinajstić information content (AvgIpc) is 3.47. The van der Waals surface area contributed by atoms with Crippen molar-refractivity contribution in [3.8, 4) is 0 Å². The number of amides is 2. The van der Waals surface area contributed by atoms with Crippen LogP contribution in [-0.2, 0) is 25.6 Å². The standard InChI is InChI=1S/C18H16N6O8S3/c25-9(3-6-1-2-33-13(6)17(31)32)19-11-14(28)24-12(16(29)30)7(5-34-15(11)24)8(4-10(26)27)35-18-20-22-23-21-18/h1-2,8,11,15H,3-5H2,(H,19,25)(H,26,27)(H,29,30)(H,31,32)(H,20,21,22,23)/t8?,11?,15-/m0/s1.